The number of methoxy groups -OCH3 is 1. The van der Waals surface area contributed by atoms with E-state index >= 15 is 0 Å². The van der Waals surface area contributed by atoms with Gasteiger partial charge in [-0.25, -0.2) is 9.78 Å². The van der Waals surface area contributed by atoms with E-state index in [1.807, 2.05) is 30.7 Å². The van der Waals surface area contributed by atoms with Crippen LogP contribution in [-0.2, 0) is 4.74 Å². The minimum absolute atomic E-state index is 0.132. The molecule has 0 spiro atoms. The molecular weight excluding hydrogens is 256 g/mol. The Bertz CT molecular complexity index is 647. The molecule has 5 heteroatoms. The van der Waals surface area contributed by atoms with E-state index in [1.54, 1.807) is 31.8 Å². The summed E-state index contributed by atoms with van der Waals surface area (Å²) < 4.78 is 12.8. The largest absolute Gasteiger partial charge is 0.497 e. The molecule has 0 aliphatic carbocycles. The van der Waals surface area contributed by atoms with Gasteiger partial charge >= 0.3 is 5.97 Å². The fraction of sp³-hybridized carbons (Fsp3) is 0.333. The van der Waals surface area contributed by atoms with Gasteiger partial charge in [-0.3, -0.25) is 0 Å². The summed E-state index contributed by atoms with van der Waals surface area (Å²) in [6.07, 6.45) is 5.32. The quantitative estimate of drug-likeness (QED) is 0.788. The Morgan fingerprint density at radius 2 is 2.20 bits per heavy atom. The molecule has 20 heavy (non-hydrogen) atoms. The van der Waals surface area contributed by atoms with Gasteiger partial charge in [-0.15, -0.1) is 0 Å². The molecule has 0 N–H and O–H groups in total. The van der Waals surface area contributed by atoms with Gasteiger partial charge in [0, 0.05) is 12.4 Å². The molecule has 0 bridgehead atoms. The number of carbonyl (C=O) groups excluding carboxylic acids is 1. The van der Waals surface area contributed by atoms with Crippen molar-refractivity contribution in [3.8, 4) is 5.75 Å². The standard InChI is InChI=1S/C15H16N2O3/c1-15(2)13(17-7-6-16-9-17)12-8-10(19-3)4-5-11(12)14(18)20-15/h4-9,13H,1-3H3. The van der Waals surface area contributed by atoms with Crippen molar-refractivity contribution >= 4 is 5.97 Å². The second-order valence-electron chi connectivity index (χ2n) is 5.36. The minimum atomic E-state index is -0.656. The number of benzene rings is 1. The van der Waals surface area contributed by atoms with E-state index in [0.717, 1.165) is 11.3 Å². The number of carbonyl (C=O) groups is 1. The number of aromatic nitrogens is 2. The van der Waals surface area contributed by atoms with E-state index in [4.69, 9.17) is 9.47 Å². The van der Waals surface area contributed by atoms with Crippen molar-refractivity contribution in [1.29, 1.82) is 0 Å². The third kappa shape index (κ3) is 1.86. The molecule has 0 saturated carbocycles. The fourth-order valence-electron chi connectivity index (χ4n) is 2.75. The molecular formula is C15H16N2O3. The van der Waals surface area contributed by atoms with E-state index in [9.17, 15) is 4.79 Å². The average Bonchev–Trinajstić information content (AvgIpc) is 2.90. The second-order valence-corrected chi connectivity index (χ2v) is 5.36. The lowest BCUT2D eigenvalue weighted by Gasteiger charge is -2.39. The molecule has 0 radical (unpaired) electrons. The topological polar surface area (TPSA) is 53.4 Å². The molecule has 1 atom stereocenters. The number of hydrogen-bond acceptors (Lipinski definition) is 4. The predicted octanol–water partition coefficient (Wildman–Crippen LogP) is 2.43. The van der Waals surface area contributed by atoms with E-state index in [0.29, 0.717) is 5.56 Å². The maximum Gasteiger partial charge on any atom is 0.339 e. The highest BCUT2D eigenvalue weighted by Gasteiger charge is 2.42. The molecule has 0 fully saturated rings. The van der Waals surface area contributed by atoms with Crippen LogP contribution in [-0.4, -0.2) is 28.2 Å². The maximum absolute atomic E-state index is 12.1. The monoisotopic (exact) mass is 272 g/mol. The van der Waals surface area contributed by atoms with E-state index in [-0.39, 0.29) is 12.0 Å². The van der Waals surface area contributed by atoms with Crippen LogP contribution < -0.4 is 4.74 Å². The first-order valence-electron chi connectivity index (χ1n) is 6.41. The van der Waals surface area contributed by atoms with Crippen LogP contribution in [0.25, 0.3) is 0 Å². The van der Waals surface area contributed by atoms with E-state index in [2.05, 4.69) is 4.98 Å². The molecule has 2 aromatic rings. The summed E-state index contributed by atoms with van der Waals surface area (Å²) in [6.45, 7) is 3.80. The smallest absolute Gasteiger partial charge is 0.339 e. The average molecular weight is 272 g/mol. The molecule has 0 saturated heterocycles. The van der Waals surface area contributed by atoms with Crippen molar-refractivity contribution < 1.29 is 14.3 Å². The summed E-state index contributed by atoms with van der Waals surface area (Å²) in [5.41, 5.74) is 0.810. The Morgan fingerprint density at radius 3 is 2.85 bits per heavy atom. The van der Waals surface area contributed by atoms with Crippen LogP contribution >= 0.6 is 0 Å². The summed E-state index contributed by atoms with van der Waals surface area (Å²) in [6, 6.07) is 5.27. The van der Waals surface area contributed by atoms with Gasteiger partial charge in [0.1, 0.15) is 11.4 Å². The van der Waals surface area contributed by atoms with Gasteiger partial charge < -0.3 is 14.0 Å². The summed E-state index contributed by atoms with van der Waals surface area (Å²) in [5, 5.41) is 0. The van der Waals surface area contributed by atoms with Crippen LogP contribution in [0.5, 0.6) is 5.75 Å². The van der Waals surface area contributed by atoms with E-state index < -0.39 is 5.60 Å². The Hall–Kier alpha value is -2.30. The Labute approximate surface area is 117 Å². The summed E-state index contributed by atoms with van der Waals surface area (Å²) in [4.78, 5) is 16.2. The molecule has 3 rings (SSSR count). The first kappa shape index (κ1) is 12.7. The van der Waals surface area contributed by atoms with Crippen LogP contribution in [0.4, 0.5) is 0 Å². The number of cyclic esters (lactones) is 1. The highest BCUT2D eigenvalue weighted by molar-refractivity contribution is 5.93. The molecule has 2 heterocycles. The van der Waals surface area contributed by atoms with Crippen molar-refractivity contribution in [3.63, 3.8) is 0 Å². The van der Waals surface area contributed by atoms with Crippen LogP contribution in [0, 0.1) is 0 Å². The molecule has 5 nitrogen and oxygen atoms in total. The number of fused-ring (bicyclic) bond motifs is 1. The van der Waals surface area contributed by atoms with Gasteiger partial charge in [0.25, 0.3) is 0 Å². The van der Waals surface area contributed by atoms with Crippen molar-refractivity contribution in [2.75, 3.05) is 7.11 Å². The van der Waals surface area contributed by atoms with Crippen LogP contribution in [0.15, 0.2) is 36.9 Å². The van der Waals surface area contributed by atoms with Crippen molar-refractivity contribution in [2.45, 2.75) is 25.5 Å². The summed E-state index contributed by atoms with van der Waals surface area (Å²) >= 11 is 0. The zero-order valence-electron chi connectivity index (χ0n) is 11.7. The molecule has 104 valence electrons. The highest BCUT2D eigenvalue weighted by atomic mass is 16.6. The Morgan fingerprint density at radius 1 is 1.40 bits per heavy atom. The number of esters is 1. The molecule has 1 aromatic carbocycles. The molecule has 1 unspecified atom stereocenters. The van der Waals surface area contributed by atoms with Gasteiger partial charge in [0.15, 0.2) is 0 Å². The third-order valence-corrected chi connectivity index (χ3v) is 3.61. The first-order chi connectivity index (χ1) is 9.53. The highest BCUT2D eigenvalue weighted by Crippen LogP contribution is 2.40. The fourth-order valence-corrected chi connectivity index (χ4v) is 2.75. The summed E-state index contributed by atoms with van der Waals surface area (Å²) in [7, 11) is 1.61. The van der Waals surface area contributed by atoms with Gasteiger partial charge in [-0.2, -0.15) is 0 Å². The lowest BCUT2D eigenvalue weighted by atomic mass is 9.85. The van der Waals surface area contributed by atoms with Crippen LogP contribution in [0.1, 0.15) is 35.8 Å². The zero-order valence-corrected chi connectivity index (χ0v) is 11.7. The van der Waals surface area contributed by atoms with Gasteiger partial charge in [-0.1, -0.05) is 0 Å². The van der Waals surface area contributed by atoms with Crippen molar-refractivity contribution in [3.05, 3.63) is 48.0 Å². The number of hydrogen-bond donors (Lipinski definition) is 0. The number of nitrogens with zero attached hydrogens (tertiary/aromatic N) is 2. The van der Waals surface area contributed by atoms with Crippen molar-refractivity contribution in [1.82, 2.24) is 9.55 Å². The number of ether oxygens (including phenoxy) is 2. The predicted molar refractivity (Wildman–Crippen MR) is 72.9 cm³/mol. The van der Waals surface area contributed by atoms with Gasteiger partial charge in [0.05, 0.1) is 25.0 Å². The Kier molecular flexibility index (Phi) is 2.78. The first-order valence-corrected chi connectivity index (χ1v) is 6.41. The Balaban J connectivity index is 2.22. The second kappa shape index (κ2) is 4.37. The molecule has 0 amide bonds. The van der Waals surface area contributed by atoms with Gasteiger partial charge in [0.2, 0.25) is 0 Å². The lowest BCUT2D eigenvalue weighted by molar-refractivity contribution is -0.0261. The summed E-state index contributed by atoms with van der Waals surface area (Å²) in [5.74, 6) is 0.420. The third-order valence-electron chi connectivity index (χ3n) is 3.61. The normalized spacial score (nSPS) is 20.1. The van der Waals surface area contributed by atoms with E-state index in [1.165, 1.54) is 0 Å². The lowest BCUT2D eigenvalue weighted by Crippen LogP contribution is -2.43. The maximum atomic E-state index is 12.1. The SMILES string of the molecule is COc1ccc2c(c1)C(n1ccnc1)C(C)(C)OC2=O. The zero-order chi connectivity index (χ0) is 14.3. The van der Waals surface area contributed by atoms with Crippen LogP contribution in [0.3, 0.4) is 0 Å². The number of imidazole rings is 1. The minimum Gasteiger partial charge on any atom is -0.497 e. The molecule has 1 aliphatic rings. The van der Waals surface area contributed by atoms with Crippen molar-refractivity contribution in [2.24, 2.45) is 0 Å². The molecule has 1 aliphatic heterocycles. The van der Waals surface area contributed by atoms with Crippen LogP contribution in [0.2, 0.25) is 0 Å². The van der Waals surface area contributed by atoms with Gasteiger partial charge in [-0.05, 0) is 37.6 Å². The molecule has 1 aromatic heterocycles. The number of rotatable bonds is 2.